The van der Waals surface area contributed by atoms with E-state index < -0.39 is 0 Å². The number of nitrogens with one attached hydrogen (secondary N) is 2. The summed E-state index contributed by atoms with van der Waals surface area (Å²) in [5.74, 6) is 1.14. The molecular formula is C20H26Cl2N2O3. The van der Waals surface area contributed by atoms with Gasteiger partial charge in [-0.1, -0.05) is 41.4 Å². The first-order chi connectivity index (χ1) is 13.2. The molecule has 0 amide bonds. The summed E-state index contributed by atoms with van der Waals surface area (Å²) in [6, 6.07) is 11.4. The smallest absolute Gasteiger partial charge is 0.180 e. The van der Waals surface area contributed by atoms with Crippen molar-refractivity contribution in [2.75, 3.05) is 32.8 Å². The number of rotatable bonds is 12. The molecule has 0 aliphatic heterocycles. The maximum atomic E-state index is 8.74. The SMILES string of the molecule is CCOc1cc(CNCCNCCO)cc(Cl)c1OCc1ccccc1Cl. The average Bonchev–Trinajstić information content (AvgIpc) is 2.65. The highest BCUT2D eigenvalue weighted by Gasteiger charge is 2.13. The summed E-state index contributed by atoms with van der Waals surface area (Å²) >= 11 is 12.6. The van der Waals surface area contributed by atoms with Crippen molar-refractivity contribution in [3.63, 3.8) is 0 Å². The van der Waals surface area contributed by atoms with E-state index in [1.807, 2.05) is 43.3 Å². The van der Waals surface area contributed by atoms with Gasteiger partial charge in [-0.25, -0.2) is 0 Å². The maximum absolute atomic E-state index is 8.74. The molecule has 0 aliphatic carbocycles. The van der Waals surface area contributed by atoms with Crippen LogP contribution in [0.1, 0.15) is 18.1 Å². The Balaban J connectivity index is 2.01. The van der Waals surface area contributed by atoms with E-state index in [0.29, 0.717) is 47.8 Å². The lowest BCUT2D eigenvalue weighted by atomic mass is 10.2. The number of ether oxygens (including phenoxy) is 2. The molecule has 0 unspecified atom stereocenters. The fourth-order valence-corrected chi connectivity index (χ4v) is 2.98. The number of benzene rings is 2. The molecule has 2 aromatic carbocycles. The largest absolute Gasteiger partial charge is 0.490 e. The number of hydrogen-bond acceptors (Lipinski definition) is 5. The van der Waals surface area contributed by atoms with Crippen LogP contribution in [0.25, 0.3) is 0 Å². The summed E-state index contributed by atoms with van der Waals surface area (Å²) < 4.78 is 11.6. The second kappa shape index (κ2) is 12.1. The maximum Gasteiger partial charge on any atom is 0.180 e. The molecule has 5 nitrogen and oxygen atoms in total. The highest BCUT2D eigenvalue weighted by molar-refractivity contribution is 6.32. The second-order valence-corrected chi connectivity index (χ2v) is 6.68. The van der Waals surface area contributed by atoms with Crippen molar-refractivity contribution in [2.45, 2.75) is 20.1 Å². The Bertz CT molecular complexity index is 714. The van der Waals surface area contributed by atoms with Gasteiger partial charge in [0.05, 0.1) is 18.2 Å². The average molecular weight is 413 g/mol. The molecule has 0 saturated carbocycles. The van der Waals surface area contributed by atoms with Crippen LogP contribution in [0.4, 0.5) is 0 Å². The third kappa shape index (κ3) is 7.20. The summed E-state index contributed by atoms with van der Waals surface area (Å²) in [7, 11) is 0. The van der Waals surface area contributed by atoms with Crippen molar-refractivity contribution < 1.29 is 14.6 Å². The lowest BCUT2D eigenvalue weighted by Gasteiger charge is -2.16. The van der Waals surface area contributed by atoms with E-state index in [-0.39, 0.29) is 6.61 Å². The standard InChI is InChI=1S/C20H26Cl2N2O3/c1-2-26-19-12-15(13-24-8-7-23-9-10-25)11-18(22)20(19)27-14-16-5-3-4-6-17(16)21/h3-6,11-12,23-25H,2,7-10,13-14H2,1H3. The van der Waals surface area contributed by atoms with Crippen LogP contribution in [0.3, 0.4) is 0 Å². The third-order valence-corrected chi connectivity index (χ3v) is 4.44. The molecule has 0 aromatic heterocycles. The molecule has 3 N–H and O–H groups in total. The topological polar surface area (TPSA) is 62.8 Å². The van der Waals surface area contributed by atoms with Crippen molar-refractivity contribution in [3.8, 4) is 11.5 Å². The van der Waals surface area contributed by atoms with Crippen LogP contribution in [-0.4, -0.2) is 38.0 Å². The Morgan fingerprint density at radius 2 is 1.74 bits per heavy atom. The van der Waals surface area contributed by atoms with Crippen LogP contribution < -0.4 is 20.1 Å². The summed E-state index contributed by atoms with van der Waals surface area (Å²) in [5, 5.41) is 16.3. The van der Waals surface area contributed by atoms with Crippen molar-refractivity contribution >= 4 is 23.2 Å². The van der Waals surface area contributed by atoms with Crippen LogP contribution in [0.5, 0.6) is 11.5 Å². The van der Waals surface area contributed by atoms with Gasteiger partial charge in [0, 0.05) is 36.8 Å². The molecule has 0 atom stereocenters. The minimum atomic E-state index is 0.142. The first-order valence-electron chi connectivity index (χ1n) is 8.99. The molecule has 0 fully saturated rings. The highest BCUT2D eigenvalue weighted by atomic mass is 35.5. The molecule has 148 valence electrons. The Kier molecular flexibility index (Phi) is 9.73. The molecule has 2 aromatic rings. The first-order valence-corrected chi connectivity index (χ1v) is 9.75. The van der Waals surface area contributed by atoms with E-state index in [9.17, 15) is 0 Å². The lowest BCUT2D eigenvalue weighted by Crippen LogP contribution is -2.28. The Morgan fingerprint density at radius 1 is 0.963 bits per heavy atom. The van der Waals surface area contributed by atoms with E-state index >= 15 is 0 Å². The lowest BCUT2D eigenvalue weighted by molar-refractivity contribution is 0.269. The number of halogens is 2. The summed E-state index contributed by atoms with van der Waals surface area (Å²) in [4.78, 5) is 0. The van der Waals surface area contributed by atoms with E-state index in [1.54, 1.807) is 0 Å². The van der Waals surface area contributed by atoms with Crippen molar-refractivity contribution in [2.24, 2.45) is 0 Å². The first kappa shape index (κ1) is 21.8. The van der Waals surface area contributed by atoms with E-state index in [4.69, 9.17) is 37.8 Å². The van der Waals surface area contributed by atoms with Crippen molar-refractivity contribution in [1.82, 2.24) is 10.6 Å². The molecule has 0 saturated heterocycles. The van der Waals surface area contributed by atoms with Gasteiger partial charge in [-0.3, -0.25) is 0 Å². The normalized spacial score (nSPS) is 10.8. The summed E-state index contributed by atoms with van der Waals surface area (Å²) in [6.45, 7) is 5.71. The number of aliphatic hydroxyl groups excluding tert-OH is 1. The summed E-state index contributed by atoms with van der Waals surface area (Å²) in [6.07, 6.45) is 0. The molecule has 0 spiro atoms. The van der Waals surface area contributed by atoms with Gasteiger partial charge in [0.2, 0.25) is 0 Å². The molecule has 2 rings (SSSR count). The second-order valence-electron chi connectivity index (χ2n) is 5.87. The van der Waals surface area contributed by atoms with Gasteiger partial charge in [-0.15, -0.1) is 0 Å². The van der Waals surface area contributed by atoms with E-state index in [0.717, 1.165) is 24.2 Å². The quantitative estimate of drug-likeness (QED) is 0.464. The summed E-state index contributed by atoms with van der Waals surface area (Å²) in [5.41, 5.74) is 1.90. The zero-order chi connectivity index (χ0) is 19.5. The van der Waals surface area contributed by atoms with Gasteiger partial charge < -0.3 is 25.2 Å². The van der Waals surface area contributed by atoms with Crippen LogP contribution >= 0.6 is 23.2 Å². The Hall–Kier alpha value is -1.50. The molecule has 27 heavy (non-hydrogen) atoms. The van der Waals surface area contributed by atoms with Gasteiger partial charge in [-0.05, 0) is 30.7 Å². The van der Waals surface area contributed by atoms with Crippen LogP contribution in [-0.2, 0) is 13.2 Å². The zero-order valence-electron chi connectivity index (χ0n) is 15.4. The molecule has 0 heterocycles. The fraction of sp³-hybridized carbons (Fsp3) is 0.400. The van der Waals surface area contributed by atoms with Crippen LogP contribution in [0, 0.1) is 0 Å². The monoisotopic (exact) mass is 412 g/mol. The predicted octanol–water partition coefficient (Wildman–Crippen LogP) is 3.64. The Labute approximate surface area is 170 Å². The van der Waals surface area contributed by atoms with Crippen LogP contribution in [0.2, 0.25) is 10.0 Å². The van der Waals surface area contributed by atoms with E-state index in [2.05, 4.69) is 10.6 Å². The molecule has 7 heteroatoms. The van der Waals surface area contributed by atoms with Gasteiger partial charge in [-0.2, -0.15) is 0 Å². The number of hydrogen-bond donors (Lipinski definition) is 3. The van der Waals surface area contributed by atoms with Gasteiger partial charge in [0.15, 0.2) is 11.5 Å². The third-order valence-electron chi connectivity index (χ3n) is 3.80. The zero-order valence-corrected chi connectivity index (χ0v) is 16.9. The molecule has 0 radical (unpaired) electrons. The molecule has 0 aliphatic rings. The predicted molar refractivity (Wildman–Crippen MR) is 110 cm³/mol. The fourth-order valence-electron chi connectivity index (χ4n) is 2.51. The number of aliphatic hydroxyl groups is 1. The minimum Gasteiger partial charge on any atom is -0.490 e. The highest BCUT2D eigenvalue weighted by Crippen LogP contribution is 2.37. The van der Waals surface area contributed by atoms with E-state index in [1.165, 1.54) is 0 Å². The van der Waals surface area contributed by atoms with Crippen molar-refractivity contribution in [1.29, 1.82) is 0 Å². The molecular weight excluding hydrogens is 387 g/mol. The minimum absolute atomic E-state index is 0.142. The van der Waals surface area contributed by atoms with Gasteiger partial charge >= 0.3 is 0 Å². The van der Waals surface area contributed by atoms with Gasteiger partial charge in [0.25, 0.3) is 0 Å². The Morgan fingerprint density at radius 3 is 2.48 bits per heavy atom. The van der Waals surface area contributed by atoms with Crippen LogP contribution in [0.15, 0.2) is 36.4 Å². The molecule has 0 bridgehead atoms. The van der Waals surface area contributed by atoms with Gasteiger partial charge in [0.1, 0.15) is 6.61 Å². The van der Waals surface area contributed by atoms with Crippen molar-refractivity contribution in [3.05, 3.63) is 57.6 Å².